The second-order valence-corrected chi connectivity index (χ2v) is 9.49. The molecule has 7 heteroatoms. The maximum Gasteiger partial charge on any atom is 0.196 e. The SMILES string of the molecule is COCCC(S(=O)(=O)c1ccccc1)S(=O)(=O)c1ccccc1. The van der Waals surface area contributed by atoms with Crippen molar-refractivity contribution in [1.82, 2.24) is 0 Å². The molecule has 0 saturated carbocycles. The quantitative estimate of drug-likeness (QED) is 0.762. The van der Waals surface area contributed by atoms with Crippen LogP contribution in [-0.4, -0.2) is 35.1 Å². The van der Waals surface area contributed by atoms with Crippen molar-refractivity contribution in [2.75, 3.05) is 13.7 Å². The molecular formula is C16H18O5S2. The van der Waals surface area contributed by atoms with E-state index in [1.165, 1.54) is 31.4 Å². The van der Waals surface area contributed by atoms with E-state index in [0.717, 1.165) is 0 Å². The van der Waals surface area contributed by atoms with E-state index in [9.17, 15) is 16.8 Å². The fraction of sp³-hybridized carbons (Fsp3) is 0.250. The smallest absolute Gasteiger partial charge is 0.196 e. The van der Waals surface area contributed by atoms with Gasteiger partial charge >= 0.3 is 0 Å². The second kappa shape index (κ2) is 7.25. The molecule has 0 aliphatic carbocycles. The summed E-state index contributed by atoms with van der Waals surface area (Å²) in [5.74, 6) is 0. The molecule has 2 rings (SSSR count). The van der Waals surface area contributed by atoms with E-state index in [1.807, 2.05) is 0 Å². The molecule has 0 unspecified atom stereocenters. The van der Waals surface area contributed by atoms with E-state index < -0.39 is 24.3 Å². The molecular weight excluding hydrogens is 336 g/mol. The van der Waals surface area contributed by atoms with Crippen LogP contribution in [0.5, 0.6) is 0 Å². The van der Waals surface area contributed by atoms with Gasteiger partial charge in [-0.2, -0.15) is 0 Å². The number of hydrogen-bond acceptors (Lipinski definition) is 5. The maximum absolute atomic E-state index is 12.8. The van der Waals surface area contributed by atoms with Gasteiger partial charge in [0.2, 0.25) is 0 Å². The van der Waals surface area contributed by atoms with Gasteiger partial charge in [-0.05, 0) is 24.3 Å². The average molecular weight is 354 g/mol. The summed E-state index contributed by atoms with van der Waals surface area (Å²) < 4.78 is 54.6. The van der Waals surface area contributed by atoms with Gasteiger partial charge in [0.15, 0.2) is 24.3 Å². The third-order valence-corrected chi connectivity index (χ3v) is 8.63. The van der Waals surface area contributed by atoms with E-state index >= 15 is 0 Å². The van der Waals surface area contributed by atoms with Gasteiger partial charge in [-0.3, -0.25) is 0 Å². The highest BCUT2D eigenvalue weighted by Gasteiger charge is 2.39. The standard InChI is InChI=1S/C16H18O5S2/c1-21-13-12-16(22(17,18)14-8-4-2-5-9-14)23(19,20)15-10-6-3-7-11-15/h2-11,16H,12-13H2,1H3. The molecule has 0 fully saturated rings. The minimum atomic E-state index is -4.05. The zero-order valence-electron chi connectivity index (χ0n) is 12.6. The van der Waals surface area contributed by atoms with E-state index in [2.05, 4.69) is 0 Å². The van der Waals surface area contributed by atoms with Gasteiger partial charge in [-0.25, -0.2) is 16.8 Å². The van der Waals surface area contributed by atoms with Crippen LogP contribution in [0.25, 0.3) is 0 Å². The first kappa shape index (κ1) is 17.7. The Hall–Kier alpha value is -1.70. The summed E-state index contributed by atoms with van der Waals surface area (Å²) in [5.41, 5.74) is 0. The normalized spacial score (nSPS) is 12.4. The lowest BCUT2D eigenvalue weighted by Crippen LogP contribution is -2.32. The Balaban J connectivity index is 2.54. The molecule has 124 valence electrons. The van der Waals surface area contributed by atoms with Crippen molar-refractivity contribution in [2.45, 2.75) is 20.8 Å². The van der Waals surface area contributed by atoms with Crippen LogP contribution in [0.2, 0.25) is 0 Å². The predicted octanol–water partition coefficient (Wildman–Crippen LogP) is 2.30. The maximum atomic E-state index is 12.8. The molecule has 0 spiro atoms. The molecule has 0 N–H and O–H groups in total. The van der Waals surface area contributed by atoms with Gasteiger partial charge in [-0.1, -0.05) is 36.4 Å². The molecule has 0 amide bonds. The Labute approximate surface area is 136 Å². The topological polar surface area (TPSA) is 77.5 Å². The fourth-order valence-electron chi connectivity index (χ4n) is 2.22. The van der Waals surface area contributed by atoms with Crippen molar-refractivity contribution in [1.29, 1.82) is 0 Å². The van der Waals surface area contributed by atoms with Crippen molar-refractivity contribution in [3.63, 3.8) is 0 Å². The number of ether oxygens (including phenoxy) is 1. The van der Waals surface area contributed by atoms with E-state index in [-0.39, 0.29) is 22.8 Å². The molecule has 0 heterocycles. The molecule has 0 radical (unpaired) electrons. The lowest BCUT2D eigenvalue weighted by Gasteiger charge is -2.18. The molecule has 0 aliphatic heterocycles. The van der Waals surface area contributed by atoms with Crippen LogP contribution in [-0.2, 0) is 24.4 Å². The number of methoxy groups -OCH3 is 1. The summed E-state index contributed by atoms with van der Waals surface area (Å²) in [6, 6.07) is 15.2. The van der Waals surface area contributed by atoms with Crippen LogP contribution in [0.4, 0.5) is 0 Å². The number of rotatable bonds is 7. The van der Waals surface area contributed by atoms with Crippen LogP contribution >= 0.6 is 0 Å². The van der Waals surface area contributed by atoms with Crippen LogP contribution in [0, 0.1) is 0 Å². The number of benzene rings is 2. The molecule has 0 aliphatic rings. The van der Waals surface area contributed by atoms with Crippen molar-refractivity contribution in [3.8, 4) is 0 Å². The Bertz CT molecular complexity index is 759. The molecule has 2 aromatic rings. The summed E-state index contributed by atoms with van der Waals surface area (Å²) in [5, 5.41) is 0. The van der Waals surface area contributed by atoms with E-state index in [4.69, 9.17) is 4.74 Å². The lowest BCUT2D eigenvalue weighted by molar-refractivity contribution is 0.197. The summed E-state index contributed by atoms with van der Waals surface area (Å²) in [4.78, 5) is -0.0266. The molecule has 23 heavy (non-hydrogen) atoms. The van der Waals surface area contributed by atoms with Gasteiger partial charge < -0.3 is 4.74 Å². The molecule has 0 saturated heterocycles. The van der Waals surface area contributed by atoms with E-state index in [1.54, 1.807) is 36.4 Å². The minimum absolute atomic E-state index is 0.0133. The van der Waals surface area contributed by atoms with Crippen molar-refractivity contribution < 1.29 is 21.6 Å². The number of sulfone groups is 2. The van der Waals surface area contributed by atoms with Gasteiger partial charge in [-0.15, -0.1) is 0 Å². The van der Waals surface area contributed by atoms with Gasteiger partial charge in [0.05, 0.1) is 9.79 Å². The summed E-state index contributed by atoms with van der Waals surface area (Å²) in [6.07, 6.45) is -0.134. The van der Waals surface area contributed by atoms with Crippen molar-refractivity contribution in [3.05, 3.63) is 60.7 Å². The zero-order chi connectivity index (χ0) is 16.9. The Morgan fingerprint density at radius 3 is 1.52 bits per heavy atom. The first-order valence-corrected chi connectivity index (χ1v) is 10.1. The monoisotopic (exact) mass is 354 g/mol. The van der Waals surface area contributed by atoms with Crippen LogP contribution in [0.3, 0.4) is 0 Å². The Kier molecular flexibility index (Phi) is 5.56. The fourth-order valence-corrected chi connectivity index (χ4v) is 6.71. The Morgan fingerprint density at radius 2 is 1.17 bits per heavy atom. The second-order valence-electron chi connectivity index (χ2n) is 4.93. The highest BCUT2D eigenvalue weighted by Crippen LogP contribution is 2.27. The summed E-state index contributed by atoms with van der Waals surface area (Å²) in [6.45, 7) is 0.0305. The molecule has 2 aromatic carbocycles. The number of hydrogen-bond donors (Lipinski definition) is 0. The molecule has 0 atom stereocenters. The highest BCUT2D eigenvalue weighted by atomic mass is 32.3. The Morgan fingerprint density at radius 1 is 0.783 bits per heavy atom. The van der Waals surface area contributed by atoms with Crippen LogP contribution in [0.1, 0.15) is 6.42 Å². The van der Waals surface area contributed by atoms with Gasteiger partial charge in [0, 0.05) is 20.1 Å². The van der Waals surface area contributed by atoms with E-state index in [0.29, 0.717) is 0 Å². The first-order chi connectivity index (χ1) is 10.9. The average Bonchev–Trinajstić information content (AvgIpc) is 2.56. The molecule has 0 aromatic heterocycles. The molecule has 0 bridgehead atoms. The lowest BCUT2D eigenvalue weighted by atomic mass is 10.4. The van der Waals surface area contributed by atoms with Crippen LogP contribution in [0.15, 0.2) is 70.5 Å². The molecule has 5 nitrogen and oxygen atoms in total. The first-order valence-electron chi connectivity index (χ1n) is 6.97. The van der Waals surface area contributed by atoms with Crippen LogP contribution < -0.4 is 0 Å². The highest BCUT2D eigenvalue weighted by molar-refractivity contribution is 8.09. The minimum Gasteiger partial charge on any atom is -0.385 e. The van der Waals surface area contributed by atoms with Gasteiger partial charge in [0.25, 0.3) is 0 Å². The summed E-state index contributed by atoms with van der Waals surface area (Å²) in [7, 11) is -6.69. The zero-order valence-corrected chi connectivity index (χ0v) is 14.3. The predicted molar refractivity (Wildman–Crippen MR) is 87.5 cm³/mol. The largest absolute Gasteiger partial charge is 0.385 e. The third-order valence-electron chi connectivity index (χ3n) is 3.39. The summed E-state index contributed by atoms with van der Waals surface area (Å²) >= 11 is 0. The van der Waals surface area contributed by atoms with Crippen molar-refractivity contribution >= 4 is 19.7 Å². The van der Waals surface area contributed by atoms with Crippen molar-refractivity contribution in [2.24, 2.45) is 0 Å². The van der Waals surface area contributed by atoms with Gasteiger partial charge in [0.1, 0.15) is 0 Å². The third kappa shape index (κ3) is 3.80.